The van der Waals surface area contributed by atoms with Crippen LogP contribution in [-0.2, 0) is 4.74 Å². The number of benzene rings is 1. The minimum atomic E-state index is -0.819. The van der Waals surface area contributed by atoms with Crippen LogP contribution in [0.5, 0.6) is 0 Å². The Morgan fingerprint density at radius 1 is 1.29 bits per heavy atom. The van der Waals surface area contributed by atoms with Gasteiger partial charge in [-0.3, -0.25) is 0 Å². The number of nitrogens with one attached hydrogen (secondary N) is 1. The van der Waals surface area contributed by atoms with E-state index < -0.39 is 11.6 Å². The average Bonchev–Trinajstić information content (AvgIpc) is 2.32. The van der Waals surface area contributed by atoms with Crippen molar-refractivity contribution < 1.29 is 13.5 Å². The molecule has 0 spiro atoms. The highest BCUT2D eigenvalue weighted by molar-refractivity contribution is 5.22. The van der Waals surface area contributed by atoms with E-state index in [4.69, 9.17) is 4.74 Å². The summed E-state index contributed by atoms with van der Waals surface area (Å²) in [5.74, 6) is -1.61. The fourth-order valence-electron chi connectivity index (χ4n) is 1.64. The molecule has 1 aromatic rings. The fraction of sp³-hybridized carbons (Fsp3) is 0.538. The summed E-state index contributed by atoms with van der Waals surface area (Å²) in [6, 6.07) is 3.91. The molecule has 0 heterocycles. The Hall–Kier alpha value is -1.00. The second-order valence-electron chi connectivity index (χ2n) is 3.83. The van der Waals surface area contributed by atoms with Crippen molar-refractivity contribution in [2.24, 2.45) is 0 Å². The van der Waals surface area contributed by atoms with E-state index in [0.29, 0.717) is 25.3 Å². The third-order valence-electron chi connectivity index (χ3n) is 2.44. The summed E-state index contributed by atoms with van der Waals surface area (Å²) in [4.78, 5) is 0. The van der Waals surface area contributed by atoms with Crippen molar-refractivity contribution in [3.8, 4) is 0 Å². The summed E-state index contributed by atoms with van der Waals surface area (Å²) in [6.07, 6.45) is 0.907. The van der Waals surface area contributed by atoms with Crippen LogP contribution in [0.25, 0.3) is 0 Å². The van der Waals surface area contributed by atoms with Crippen molar-refractivity contribution in [2.75, 3.05) is 19.8 Å². The van der Waals surface area contributed by atoms with Gasteiger partial charge in [0, 0.05) is 12.2 Å². The Balaban J connectivity index is 2.77. The van der Waals surface area contributed by atoms with Gasteiger partial charge in [0.2, 0.25) is 0 Å². The summed E-state index contributed by atoms with van der Waals surface area (Å²) < 4.78 is 32.1. The first-order valence-electron chi connectivity index (χ1n) is 5.95. The molecule has 2 nitrogen and oxygen atoms in total. The van der Waals surface area contributed by atoms with Crippen LogP contribution in [-0.4, -0.2) is 19.8 Å². The summed E-state index contributed by atoms with van der Waals surface area (Å²) in [7, 11) is 0. The second-order valence-corrected chi connectivity index (χ2v) is 3.83. The first kappa shape index (κ1) is 14.1. The number of ether oxygens (including phenoxy) is 1. The molecule has 0 aliphatic rings. The maximum absolute atomic E-state index is 13.6. The van der Waals surface area contributed by atoms with Crippen LogP contribution in [0.4, 0.5) is 8.78 Å². The number of hydrogen-bond acceptors (Lipinski definition) is 2. The highest BCUT2D eigenvalue weighted by atomic mass is 19.2. The highest BCUT2D eigenvalue weighted by Gasteiger charge is 2.17. The van der Waals surface area contributed by atoms with Gasteiger partial charge in [0.05, 0.1) is 12.6 Å². The van der Waals surface area contributed by atoms with E-state index in [9.17, 15) is 8.78 Å². The number of hydrogen-bond donors (Lipinski definition) is 1. The molecule has 96 valence electrons. The number of halogens is 2. The molecule has 1 unspecified atom stereocenters. The summed E-state index contributed by atoms with van der Waals surface area (Å²) in [5, 5.41) is 3.09. The molecule has 0 saturated heterocycles. The van der Waals surface area contributed by atoms with Crippen molar-refractivity contribution in [1.29, 1.82) is 0 Å². The highest BCUT2D eigenvalue weighted by Crippen LogP contribution is 2.19. The lowest BCUT2D eigenvalue weighted by atomic mass is 10.1. The lowest BCUT2D eigenvalue weighted by molar-refractivity contribution is 0.111. The summed E-state index contributed by atoms with van der Waals surface area (Å²) in [5.41, 5.74) is 0.322. The molecule has 0 fully saturated rings. The van der Waals surface area contributed by atoms with Crippen LogP contribution in [0.15, 0.2) is 18.2 Å². The molecule has 4 heteroatoms. The zero-order valence-electron chi connectivity index (χ0n) is 10.3. The largest absolute Gasteiger partial charge is 0.379 e. The van der Waals surface area contributed by atoms with E-state index in [-0.39, 0.29) is 6.04 Å². The van der Waals surface area contributed by atoms with Crippen LogP contribution in [0, 0.1) is 11.6 Å². The molecular formula is C13H19F2NO. The van der Waals surface area contributed by atoms with Crippen molar-refractivity contribution >= 4 is 0 Å². The molecule has 0 bridgehead atoms. The molecule has 0 radical (unpaired) electrons. The van der Waals surface area contributed by atoms with Gasteiger partial charge in [0.25, 0.3) is 0 Å². The average molecular weight is 243 g/mol. The van der Waals surface area contributed by atoms with Crippen molar-refractivity contribution in [1.82, 2.24) is 5.32 Å². The van der Waals surface area contributed by atoms with Crippen LogP contribution >= 0.6 is 0 Å². The lowest BCUT2D eigenvalue weighted by Gasteiger charge is -2.19. The molecule has 0 aliphatic heterocycles. The monoisotopic (exact) mass is 243 g/mol. The SMILES string of the molecule is CCCOCC(NCC)c1cccc(F)c1F. The fourth-order valence-corrected chi connectivity index (χ4v) is 1.64. The predicted molar refractivity (Wildman–Crippen MR) is 63.9 cm³/mol. The smallest absolute Gasteiger partial charge is 0.163 e. The first-order chi connectivity index (χ1) is 8.20. The summed E-state index contributed by atoms with van der Waals surface area (Å²) in [6.45, 7) is 5.58. The van der Waals surface area contributed by atoms with Gasteiger partial charge in [-0.1, -0.05) is 26.0 Å². The molecule has 0 saturated carbocycles. The van der Waals surface area contributed by atoms with Crippen molar-refractivity contribution in [2.45, 2.75) is 26.3 Å². The topological polar surface area (TPSA) is 21.3 Å². The molecule has 0 amide bonds. The quantitative estimate of drug-likeness (QED) is 0.743. The predicted octanol–water partition coefficient (Wildman–Crippen LogP) is 3.04. The van der Waals surface area contributed by atoms with E-state index in [1.165, 1.54) is 6.07 Å². The standard InChI is InChI=1S/C13H19F2NO/c1-3-8-17-9-12(16-4-2)10-6-5-7-11(14)13(10)15/h5-7,12,16H,3-4,8-9H2,1-2H3. The van der Waals surface area contributed by atoms with Gasteiger partial charge in [0.15, 0.2) is 11.6 Å². The minimum Gasteiger partial charge on any atom is -0.379 e. The van der Waals surface area contributed by atoms with Crippen LogP contribution in [0.1, 0.15) is 31.9 Å². The molecule has 1 rings (SSSR count). The van der Waals surface area contributed by atoms with Crippen LogP contribution in [0.2, 0.25) is 0 Å². The van der Waals surface area contributed by atoms with E-state index in [0.717, 1.165) is 12.5 Å². The van der Waals surface area contributed by atoms with Crippen molar-refractivity contribution in [3.05, 3.63) is 35.4 Å². The second kappa shape index (κ2) is 7.35. The van der Waals surface area contributed by atoms with Gasteiger partial charge in [-0.25, -0.2) is 8.78 Å². The van der Waals surface area contributed by atoms with Gasteiger partial charge < -0.3 is 10.1 Å². The van der Waals surface area contributed by atoms with E-state index >= 15 is 0 Å². The third kappa shape index (κ3) is 4.06. The Kier molecular flexibility index (Phi) is 6.08. The maximum Gasteiger partial charge on any atom is 0.163 e. The Labute approximate surface area is 101 Å². The van der Waals surface area contributed by atoms with E-state index in [1.807, 2.05) is 13.8 Å². The lowest BCUT2D eigenvalue weighted by Crippen LogP contribution is -2.26. The number of rotatable bonds is 7. The Morgan fingerprint density at radius 3 is 2.71 bits per heavy atom. The molecule has 17 heavy (non-hydrogen) atoms. The van der Waals surface area contributed by atoms with Gasteiger partial charge in [-0.15, -0.1) is 0 Å². The first-order valence-corrected chi connectivity index (χ1v) is 5.95. The molecule has 0 aromatic heterocycles. The Morgan fingerprint density at radius 2 is 2.06 bits per heavy atom. The van der Waals surface area contributed by atoms with Crippen molar-refractivity contribution in [3.63, 3.8) is 0 Å². The zero-order chi connectivity index (χ0) is 12.7. The van der Waals surface area contributed by atoms with Gasteiger partial charge in [0.1, 0.15) is 0 Å². The van der Waals surface area contributed by atoms with E-state index in [2.05, 4.69) is 5.32 Å². The Bertz CT molecular complexity index is 344. The van der Waals surface area contributed by atoms with Gasteiger partial charge in [-0.2, -0.15) is 0 Å². The number of likely N-dealkylation sites (N-methyl/N-ethyl adjacent to an activating group) is 1. The third-order valence-corrected chi connectivity index (χ3v) is 2.44. The molecule has 1 aromatic carbocycles. The van der Waals surface area contributed by atoms with Crippen LogP contribution < -0.4 is 5.32 Å². The van der Waals surface area contributed by atoms with Gasteiger partial charge >= 0.3 is 0 Å². The molecule has 0 aliphatic carbocycles. The molecular weight excluding hydrogens is 224 g/mol. The van der Waals surface area contributed by atoms with Crippen LogP contribution in [0.3, 0.4) is 0 Å². The van der Waals surface area contributed by atoms with Gasteiger partial charge in [-0.05, 0) is 19.0 Å². The van der Waals surface area contributed by atoms with E-state index in [1.54, 1.807) is 6.07 Å². The zero-order valence-corrected chi connectivity index (χ0v) is 10.3. The maximum atomic E-state index is 13.6. The summed E-state index contributed by atoms with van der Waals surface area (Å²) >= 11 is 0. The molecule has 1 atom stereocenters. The minimum absolute atomic E-state index is 0.303. The normalized spacial score (nSPS) is 12.7. The molecule has 1 N–H and O–H groups in total.